The molecule has 0 spiro atoms. The first-order valence-electron chi connectivity index (χ1n) is 6.84. The average Bonchev–Trinajstić information content (AvgIpc) is 2.83. The topological polar surface area (TPSA) is 30.5 Å². The summed E-state index contributed by atoms with van der Waals surface area (Å²) < 4.78 is 11.0. The summed E-state index contributed by atoms with van der Waals surface area (Å²) in [5.74, 6) is 0.736. The average molecular weight is 227 g/mol. The summed E-state index contributed by atoms with van der Waals surface area (Å²) in [5.41, 5.74) is 0. The fourth-order valence-electron chi connectivity index (χ4n) is 2.63. The zero-order valence-corrected chi connectivity index (χ0v) is 10.2. The molecule has 16 heavy (non-hydrogen) atoms. The number of hydrogen-bond acceptors (Lipinski definition) is 3. The molecule has 0 aromatic heterocycles. The minimum absolute atomic E-state index is 0.736. The summed E-state index contributed by atoms with van der Waals surface area (Å²) in [7, 11) is 0. The van der Waals surface area contributed by atoms with Gasteiger partial charge in [0.2, 0.25) is 0 Å². The van der Waals surface area contributed by atoms with E-state index in [1.807, 2.05) is 0 Å². The smallest absolute Gasteiger partial charge is 0.0591 e. The van der Waals surface area contributed by atoms with Crippen LogP contribution in [-0.2, 0) is 9.47 Å². The molecule has 2 aliphatic rings. The van der Waals surface area contributed by atoms with Crippen LogP contribution in [0, 0.1) is 5.92 Å². The van der Waals surface area contributed by atoms with Crippen LogP contribution in [-0.4, -0.2) is 39.0 Å². The minimum Gasteiger partial charge on any atom is -0.381 e. The van der Waals surface area contributed by atoms with Gasteiger partial charge in [0.1, 0.15) is 0 Å². The zero-order chi connectivity index (χ0) is 11.1. The molecule has 1 saturated heterocycles. The van der Waals surface area contributed by atoms with Gasteiger partial charge in [0.05, 0.1) is 6.61 Å². The molecule has 0 aromatic rings. The molecule has 94 valence electrons. The third-order valence-electron chi connectivity index (χ3n) is 3.73. The molecule has 1 saturated carbocycles. The van der Waals surface area contributed by atoms with Gasteiger partial charge >= 0.3 is 0 Å². The standard InChI is InChI=1S/C13H25NO2/c1-2-4-13(3-1)14-7-10-16-11-12-5-8-15-9-6-12/h12-14H,1-11H2. The van der Waals surface area contributed by atoms with E-state index >= 15 is 0 Å². The fraction of sp³-hybridized carbons (Fsp3) is 1.00. The molecule has 0 unspecified atom stereocenters. The molecule has 1 heterocycles. The summed E-state index contributed by atoms with van der Waals surface area (Å²) >= 11 is 0. The zero-order valence-electron chi connectivity index (χ0n) is 10.2. The Morgan fingerprint density at radius 3 is 2.56 bits per heavy atom. The van der Waals surface area contributed by atoms with Crippen LogP contribution in [0.15, 0.2) is 0 Å². The van der Waals surface area contributed by atoms with Crippen LogP contribution in [0.1, 0.15) is 38.5 Å². The maximum atomic E-state index is 5.71. The quantitative estimate of drug-likeness (QED) is 0.704. The van der Waals surface area contributed by atoms with Crippen LogP contribution in [0.5, 0.6) is 0 Å². The van der Waals surface area contributed by atoms with Crippen molar-refractivity contribution < 1.29 is 9.47 Å². The van der Waals surface area contributed by atoms with E-state index in [-0.39, 0.29) is 0 Å². The Kier molecular flexibility index (Phi) is 5.59. The van der Waals surface area contributed by atoms with E-state index in [4.69, 9.17) is 9.47 Å². The Hall–Kier alpha value is -0.120. The Balaban J connectivity index is 1.42. The van der Waals surface area contributed by atoms with Crippen LogP contribution in [0.3, 0.4) is 0 Å². The van der Waals surface area contributed by atoms with Gasteiger partial charge in [-0.3, -0.25) is 0 Å². The highest BCUT2D eigenvalue weighted by molar-refractivity contribution is 4.73. The van der Waals surface area contributed by atoms with Crippen LogP contribution >= 0.6 is 0 Å². The van der Waals surface area contributed by atoms with Crippen LogP contribution in [0.25, 0.3) is 0 Å². The normalized spacial score (nSPS) is 24.0. The van der Waals surface area contributed by atoms with Crippen LogP contribution < -0.4 is 5.32 Å². The molecule has 1 N–H and O–H groups in total. The molecule has 1 aliphatic carbocycles. The van der Waals surface area contributed by atoms with Crippen LogP contribution in [0.2, 0.25) is 0 Å². The highest BCUT2D eigenvalue weighted by Crippen LogP contribution is 2.17. The van der Waals surface area contributed by atoms with E-state index in [1.54, 1.807) is 0 Å². The van der Waals surface area contributed by atoms with Crippen molar-refractivity contribution in [3.8, 4) is 0 Å². The molecular formula is C13H25NO2. The second kappa shape index (κ2) is 7.25. The van der Waals surface area contributed by atoms with Gasteiger partial charge in [-0.2, -0.15) is 0 Å². The first-order valence-corrected chi connectivity index (χ1v) is 6.84. The predicted octanol–water partition coefficient (Wildman–Crippen LogP) is 1.96. The van der Waals surface area contributed by atoms with E-state index in [1.165, 1.54) is 38.5 Å². The molecule has 2 fully saturated rings. The van der Waals surface area contributed by atoms with Crippen molar-refractivity contribution in [2.75, 3.05) is 33.0 Å². The van der Waals surface area contributed by atoms with Crippen molar-refractivity contribution in [2.45, 2.75) is 44.6 Å². The third kappa shape index (κ3) is 4.40. The molecule has 0 radical (unpaired) electrons. The molecule has 3 nitrogen and oxygen atoms in total. The van der Waals surface area contributed by atoms with Crippen molar-refractivity contribution in [1.29, 1.82) is 0 Å². The Bertz CT molecular complexity index is 175. The Labute approximate surface area is 98.9 Å². The van der Waals surface area contributed by atoms with Gasteiger partial charge in [-0.15, -0.1) is 0 Å². The minimum atomic E-state index is 0.736. The van der Waals surface area contributed by atoms with Crippen LogP contribution in [0.4, 0.5) is 0 Å². The second-order valence-electron chi connectivity index (χ2n) is 5.07. The molecule has 0 aromatic carbocycles. The lowest BCUT2D eigenvalue weighted by Gasteiger charge is -2.22. The van der Waals surface area contributed by atoms with Gasteiger partial charge in [-0.1, -0.05) is 12.8 Å². The molecule has 0 bridgehead atoms. The SMILES string of the molecule is C1CCC(NCCOCC2CCOCC2)C1. The number of rotatable bonds is 6. The molecular weight excluding hydrogens is 202 g/mol. The highest BCUT2D eigenvalue weighted by atomic mass is 16.5. The van der Waals surface area contributed by atoms with E-state index in [0.717, 1.165) is 44.9 Å². The van der Waals surface area contributed by atoms with Gasteiger partial charge in [0, 0.05) is 32.4 Å². The Morgan fingerprint density at radius 1 is 1.06 bits per heavy atom. The van der Waals surface area contributed by atoms with E-state index < -0.39 is 0 Å². The summed E-state index contributed by atoms with van der Waals surface area (Å²) in [4.78, 5) is 0. The van der Waals surface area contributed by atoms with Gasteiger partial charge in [-0.25, -0.2) is 0 Å². The van der Waals surface area contributed by atoms with Gasteiger partial charge < -0.3 is 14.8 Å². The van der Waals surface area contributed by atoms with Crippen molar-refractivity contribution in [3.05, 3.63) is 0 Å². The molecule has 2 rings (SSSR count). The highest BCUT2D eigenvalue weighted by Gasteiger charge is 2.15. The lowest BCUT2D eigenvalue weighted by atomic mass is 10.0. The first kappa shape index (κ1) is 12.3. The number of ether oxygens (including phenoxy) is 2. The summed E-state index contributed by atoms with van der Waals surface area (Å²) in [6.45, 7) is 4.67. The maximum Gasteiger partial charge on any atom is 0.0591 e. The molecule has 0 amide bonds. The van der Waals surface area contributed by atoms with E-state index in [9.17, 15) is 0 Å². The van der Waals surface area contributed by atoms with Crippen molar-refractivity contribution in [3.63, 3.8) is 0 Å². The van der Waals surface area contributed by atoms with Crippen molar-refractivity contribution >= 4 is 0 Å². The summed E-state index contributed by atoms with van der Waals surface area (Å²) in [6, 6.07) is 0.770. The van der Waals surface area contributed by atoms with Gasteiger partial charge in [0.25, 0.3) is 0 Å². The number of nitrogens with one attached hydrogen (secondary N) is 1. The molecule has 0 atom stereocenters. The summed E-state index contributed by atoms with van der Waals surface area (Å²) in [5, 5.41) is 3.57. The van der Waals surface area contributed by atoms with E-state index in [2.05, 4.69) is 5.32 Å². The lowest BCUT2D eigenvalue weighted by Crippen LogP contribution is -2.30. The number of hydrogen-bond donors (Lipinski definition) is 1. The summed E-state index contributed by atoms with van der Waals surface area (Å²) in [6.07, 6.45) is 7.88. The maximum absolute atomic E-state index is 5.71. The van der Waals surface area contributed by atoms with Gasteiger partial charge in [-0.05, 0) is 31.6 Å². The van der Waals surface area contributed by atoms with Gasteiger partial charge in [0.15, 0.2) is 0 Å². The third-order valence-corrected chi connectivity index (χ3v) is 3.73. The fourth-order valence-corrected chi connectivity index (χ4v) is 2.63. The Morgan fingerprint density at radius 2 is 1.81 bits per heavy atom. The van der Waals surface area contributed by atoms with Crippen molar-refractivity contribution in [2.24, 2.45) is 5.92 Å². The monoisotopic (exact) mass is 227 g/mol. The molecule has 3 heteroatoms. The first-order chi connectivity index (χ1) is 7.95. The van der Waals surface area contributed by atoms with Crippen molar-refractivity contribution in [1.82, 2.24) is 5.32 Å². The largest absolute Gasteiger partial charge is 0.381 e. The molecule has 1 aliphatic heterocycles. The second-order valence-corrected chi connectivity index (χ2v) is 5.07. The lowest BCUT2D eigenvalue weighted by molar-refractivity contribution is 0.0211. The van der Waals surface area contributed by atoms with E-state index in [0.29, 0.717) is 0 Å². The predicted molar refractivity (Wildman–Crippen MR) is 64.6 cm³/mol.